The molecule has 0 saturated carbocycles. The smallest absolute Gasteiger partial charge is 0.338 e. The summed E-state index contributed by atoms with van der Waals surface area (Å²) in [6, 6.07) is 4.12. The fourth-order valence-electron chi connectivity index (χ4n) is 1.86. The van der Waals surface area contributed by atoms with Gasteiger partial charge in [0.15, 0.2) is 6.61 Å². The van der Waals surface area contributed by atoms with Gasteiger partial charge in [0.2, 0.25) is 0 Å². The fraction of sp³-hybridized carbons (Fsp3) is 0.375. The van der Waals surface area contributed by atoms with E-state index in [4.69, 9.17) is 11.2 Å². The summed E-state index contributed by atoms with van der Waals surface area (Å²) < 4.78 is 4.80. The van der Waals surface area contributed by atoms with Gasteiger partial charge in [-0.15, -0.1) is 6.42 Å². The SMILES string of the molecule is C#CCNC(=O)COC(=O)c1ccc(C(C)(C)C)c([N+](=O)[O-])c1. The van der Waals surface area contributed by atoms with Gasteiger partial charge in [0.1, 0.15) is 0 Å². The van der Waals surface area contributed by atoms with Crippen molar-refractivity contribution in [3.63, 3.8) is 0 Å². The third-order valence-corrected chi connectivity index (χ3v) is 2.96. The van der Waals surface area contributed by atoms with Crippen LogP contribution in [0.5, 0.6) is 0 Å². The molecule has 1 aromatic rings. The van der Waals surface area contributed by atoms with Gasteiger partial charge < -0.3 is 10.1 Å². The van der Waals surface area contributed by atoms with Gasteiger partial charge in [0.05, 0.1) is 17.0 Å². The van der Waals surface area contributed by atoms with Crippen LogP contribution in [0.1, 0.15) is 36.7 Å². The number of nitrogens with one attached hydrogen (secondary N) is 1. The van der Waals surface area contributed by atoms with Gasteiger partial charge in [0.25, 0.3) is 11.6 Å². The second kappa shape index (κ2) is 7.40. The fourth-order valence-corrected chi connectivity index (χ4v) is 1.86. The molecule has 0 aliphatic rings. The van der Waals surface area contributed by atoms with E-state index in [1.165, 1.54) is 12.1 Å². The molecule has 23 heavy (non-hydrogen) atoms. The van der Waals surface area contributed by atoms with E-state index in [1.807, 2.05) is 20.8 Å². The van der Waals surface area contributed by atoms with Crippen LogP contribution in [0.4, 0.5) is 5.69 Å². The topological polar surface area (TPSA) is 98.5 Å². The molecule has 0 saturated heterocycles. The predicted molar refractivity (Wildman–Crippen MR) is 83.9 cm³/mol. The summed E-state index contributed by atoms with van der Waals surface area (Å²) in [6.07, 6.45) is 4.98. The molecular weight excluding hydrogens is 300 g/mol. The lowest BCUT2D eigenvalue weighted by Gasteiger charge is -2.19. The lowest BCUT2D eigenvalue weighted by molar-refractivity contribution is -0.386. The number of carbonyl (C=O) groups excluding carboxylic acids is 2. The zero-order chi connectivity index (χ0) is 17.6. The molecule has 122 valence electrons. The van der Waals surface area contributed by atoms with E-state index in [1.54, 1.807) is 0 Å². The molecular formula is C16H18N2O5. The molecule has 0 bridgehead atoms. The van der Waals surface area contributed by atoms with Gasteiger partial charge in [-0.2, -0.15) is 0 Å². The Bertz CT molecular complexity index is 668. The third-order valence-electron chi connectivity index (χ3n) is 2.96. The van der Waals surface area contributed by atoms with Crippen LogP contribution < -0.4 is 5.32 Å². The number of ether oxygens (including phenoxy) is 1. The maximum Gasteiger partial charge on any atom is 0.338 e. The normalized spacial score (nSPS) is 10.5. The molecule has 1 N–H and O–H groups in total. The second-order valence-electron chi connectivity index (χ2n) is 5.80. The summed E-state index contributed by atoms with van der Waals surface area (Å²) in [7, 11) is 0. The Morgan fingerprint density at radius 3 is 2.57 bits per heavy atom. The minimum absolute atomic E-state index is 0.00875. The van der Waals surface area contributed by atoms with Crippen LogP contribution in [0.2, 0.25) is 0 Å². The molecule has 0 atom stereocenters. The molecule has 1 amide bonds. The van der Waals surface area contributed by atoms with Crippen molar-refractivity contribution in [2.75, 3.05) is 13.2 Å². The number of rotatable bonds is 5. The van der Waals surface area contributed by atoms with Crippen molar-refractivity contribution in [3.8, 4) is 12.3 Å². The number of amides is 1. The minimum atomic E-state index is -0.815. The first-order valence-corrected chi connectivity index (χ1v) is 6.83. The summed E-state index contributed by atoms with van der Waals surface area (Å²) in [6.45, 7) is 5.03. The summed E-state index contributed by atoms with van der Waals surface area (Å²) >= 11 is 0. The number of nitro groups is 1. The number of hydrogen-bond acceptors (Lipinski definition) is 5. The number of hydrogen-bond donors (Lipinski definition) is 1. The lowest BCUT2D eigenvalue weighted by Crippen LogP contribution is -2.29. The molecule has 0 fully saturated rings. The maximum absolute atomic E-state index is 11.9. The summed E-state index contributed by atoms with van der Waals surface area (Å²) in [5.74, 6) is 0.851. The Morgan fingerprint density at radius 1 is 1.39 bits per heavy atom. The molecule has 7 nitrogen and oxygen atoms in total. The van der Waals surface area contributed by atoms with E-state index in [2.05, 4.69) is 11.2 Å². The van der Waals surface area contributed by atoms with Crippen LogP contribution in [-0.4, -0.2) is 30.0 Å². The van der Waals surface area contributed by atoms with Gasteiger partial charge in [0, 0.05) is 11.6 Å². The van der Waals surface area contributed by atoms with Crippen molar-refractivity contribution < 1.29 is 19.2 Å². The Balaban J connectivity index is 2.91. The largest absolute Gasteiger partial charge is 0.452 e. The molecule has 0 aliphatic carbocycles. The first-order chi connectivity index (χ1) is 10.7. The Labute approximate surface area is 134 Å². The van der Waals surface area contributed by atoms with E-state index in [9.17, 15) is 19.7 Å². The molecule has 1 aromatic carbocycles. The second-order valence-corrected chi connectivity index (χ2v) is 5.80. The maximum atomic E-state index is 11.9. The minimum Gasteiger partial charge on any atom is -0.452 e. The van der Waals surface area contributed by atoms with E-state index < -0.39 is 28.8 Å². The quantitative estimate of drug-likeness (QED) is 0.386. The molecule has 0 spiro atoms. The highest BCUT2D eigenvalue weighted by atomic mass is 16.6. The standard InChI is InChI=1S/C16H18N2O5/c1-5-8-17-14(19)10-23-15(20)11-6-7-12(16(2,3)4)13(9-11)18(21)22/h1,6-7,9H,8,10H2,2-4H3,(H,17,19). The van der Waals surface area contributed by atoms with Crippen molar-refractivity contribution in [3.05, 3.63) is 39.4 Å². The number of nitro benzene ring substituents is 1. The van der Waals surface area contributed by atoms with Crippen molar-refractivity contribution >= 4 is 17.6 Å². The number of terminal acetylenes is 1. The molecule has 0 aliphatic heterocycles. The van der Waals surface area contributed by atoms with Gasteiger partial charge in [-0.25, -0.2) is 4.79 Å². The number of nitrogens with zero attached hydrogens (tertiary/aromatic N) is 1. The van der Waals surface area contributed by atoms with Gasteiger partial charge in [-0.1, -0.05) is 32.8 Å². The summed E-state index contributed by atoms with van der Waals surface area (Å²) in [5, 5.41) is 13.5. The average molecular weight is 318 g/mol. The van der Waals surface area contributed by atoms with Gasteiger partial charge in [-0.3, -0.25) is 14.9 Å². The first-order valence-electron chi connectivity index (χ1n) is 6.83. The van der Waals surface area contributed by atoms with E-state index in [0.29, 0.717) is 5.56 Å². The summed E-state index contributed by atoms with van der Waals surface area (Å²) in [4.78, 5) is 33.9. The predicted octanol–water partition coefficient (Wildman–Crippen LogP) is 1.80. The van der Waals surface area contributed by atoms with Crippen molar-refractivity contribution in [1.82, 2.24) is 5.32 Å². The highest BCUT2D eigenvalue weighted by molar-refractivity contribution is 5.92. The van der Waals surface area contributed by atoms with E-state index in [0.717, 1.165) is 6.07 Å². The van der Waals surface area contributed by atoms with Crippen LogP contribution in [0.3, 0.4) is 0 Å². The van der Waals surface area contributed by atoms with Crippen LogP contribution in [0, 0.1) is 22.5 Å². The number of benzene rings is 1. The van der Waals surface area contributed by atoms with E-state index in [-0.39, 0.29) is 17.8 Å². The molecule has 0 heterocycles. The number of esters is 1. The Kier molecular flexibility index (Phi) is 5.85. The average Bonchev–Trinajstić information content (AvgIpc) is 2.48. The van der Waals surface area contributed by atoms with E-state index >= 15 is 0 Å². The first kappa shape index (κ1) is 18.2. The molecule has 0 unspecified atom stereocenters. The van der Waals surface area contributed by atoms with Crippen molar-refractivity contribution in [1.29, 1.82) is 0 Å². The Hall–Kier alpha value is -2.88. The lowest BCUT2D eigenvalue weighted by atomic mass is 9.85. The Morgan fingerprint density at radius 2 is 2.04 bits per heavy atom. The monoisotopic (exact) mass is 318 g/mol. The van der Waals surface area contributed by atoms with Crippen LogP contribution in [-0.2, 0) is 14.9 Å². The molecule has 7 heteroatoms. The highest BCUT2D eigenvalue weighted by Crippen LogP contribution is 2.31. The van der Waals surface area contributed by atoms with Crippen LogP contribution >= 0.6 is 0 Å². The highest BCUT2D eigenvalue weighted by Gasteiger charge is 2.26. The van der Waals surface area contributed by atoms with Gasteiger partial charge >= 0.3 is 5.97 Å². The molecule has 0 aromatic heterocycles. The molecule has 1 rings (SSSR count). The number of carbonyl (C=O) groups is 2. The van der Waals surface area contributed by atoms with Crippen LogP contribution in [0.15, 0.2) is 18.2 Å². The molecule has 0 radical (unpaired) electrons. The zero-order valence-electron chi connectivity index (χ0n) is 13.2. The summed E-state index contributed by atoms with van der Waals surface area (Å²) in [5.41, 5.74) is -0.0936. The van der Waals surface area contributed by atoms with Crippen LogP contribution in [0.25, 0.3) is 0 Å². The third kappa shape index (κ3) is 5.11. The van der Waals surface area contributed by atoms with Crippen molar-refractivity contribution in [2.45, 2.75) is 26.2 Å². The zero-order valence-corrected chi connectivity index (χ0v) is 13.2. The van der Waals surface area contributed by atoms with Crippen molar-refractivity contribution in [2.24, 2.45) is 0 Å². The van der Waals surface area contributed by atoms with Gasteiger partial charge in [-0.05, 0) is 11.5 Å².